The van der Waals surface area contributed by atoms with Gasteiger partial charge in [0.2, 0.25) is 5.91 Å². The van der Waals surface area contributed by atoms with Crippen LogP contribution in [0.4, 0.5) is 0 Å². The van der Waals surface area contributed by atoms with Crippen LogP contribution >= 0.6 is 0 Å². The van der Waals surface area contributed by atoms with Crippen LogP contribution in [0.5, 0.6) is 5.75 Å². The van der Waals surface area contributed by atoms with E-state index >= 15 is 0 Å². The highest BCUT2D eigenvalue weighted by Crippen LogP contribution is 2.31. The van der Waals surface area contributed by atoms with Gasteiger partial charge in [-0.3, -0.25) is 14.2 Å². The summed E-state index contributed by atoms with van der Waals surface area (Å²) in [4.78, 5) is 34.4. The first kappa shape index (κ1) is 25.9. The zero-order chi connectivity index (χ0) is 25.7. The number of para-hydroxylation sites is 3. The minimum absolute atomic E-state index is 0.143. The lowest BCUT2D eigenvalue weighted by molar-refractivity contribution is -0.134. The Bertz CT molecular complexity index is 1240. The Morgan fingerprint density at radius 1 is 1.08 bits per heavy atom. The van der Waals surface area contributed by atoms with Crippen molar-refractivity contribution in [2.45, 2.75) is 71.8 Å². The molecule has 1 aliphatic carbocycles. The van der Waals surface area contributed by atoms with Crippen molar-refractivity contribution < 1.29 is 9.53 Å². The van der Waals surface area contributed by atoms with Gasteiger partial charge in [-0.15, -0.1) is 0 Å². The van der Waals surface area contributed by atoms with Crippen molar-refractivity contribution >= 4 is 16.8 Å². The Morgan fingerprint density at radius 2 is 1.78 bits per heavy atom. The number of rotatable bonds is 10. The molecular formula is C30H39N3O3. The van der Waals surface area contributed by atoms with Crippen LogP contribution in [0.15, 0.2) is 53.3 Å². The van der Waals surface area contributed by atoms with E-state index in [-0.39, 0.29) is 17.5 Å². The molecule has 6 nitrogen and oxygen atoms in total. The Kier molecular flexibility index (Phi) is 8.44. The van der Waals surface area contributed by atoms with E-state index in [1.165, 1.54) is 25.7 Å². The summed E-state index contributed by atoms with van der Waals surface area (Å²) in [5.41, 5.74) is 1.11. The van der Waals surface area contributed by atoms with Crippen molar-refractivity contribution in [3.8, 4) is 11.4 Å². The van der Waals surface area contributed by atoms with Crippen LogP contribution in [0.2, 0.25) is 0 Å². The number of carbonyl (C=O) groups is 1. The number of methoxy groups -OCH3 is 1. The zero-order valence-electron chi connectivity index (χ0n) is 22.1. The average Bonchev–Trinajstić information content (AvgIpc) is 3.41. The molecular weight excluding hydrogens is 450 g/mol. The van der Waals surface area contributed by atoms with Gasteiger partial charge < -0.3 is 9.64 Å². The molecule has 1 amide bonds. The largest absolute Gasteiger partial charge is 0.495 e. The maximum Gasteiger partial charge on any atom is 0.266 e. The number of hydrogen-bond acceptors (Lipinski definition) is 4. The normalized spacial score (nSPS) is 14.9. The highest BCUT2D eigenvalue weighted by Gasteiger charge is 2.28. The second kappa shape index (κ2) is 11.7. The summed E-state index contributed by atoms with van der Waals surface area (Å²) in [5.74, 6) is 2.40. The highest BCUT2D eigenvalue weighted by atomic mass is 16.5. The molecule has 4 rings (SSSR count). The van der Waals surface area contributed by atoms with E-state index in [1.807, 2.05) is 54.3 Å². The van der Waals surface area contributed by atoms with Crippen LogP contribution in [0.3, 0.4) is 0 Å². The van der Waals surface area contributed by atoms with Gasteiger partial charge in [-0.25, -0.2) is 4.98 Å². The predicted molar refractivity (Wildman–Crippen MR) is 145 cm³/mol. The third-order valence-electron chi connectivity index (χ3n) is 7.48. The van der Waals surface area contributed by atoms with Gasteiger partial charge in [-0.2, -0.15) is 0 Å². The number of fused-ring (bicyclic) bond motifs is 1. The lowest BCUT2D eigenvalue weighted by Gasteiger charge is -2.31. The number of aromatic nitrogens is 2. The van der Waals surface area contributed by atoms with E-state index in [2.05, 4.69) is 13.8 Å². The fourth-order valence-electron chi connectivity index (χ4n) is 5.32. The summed E-state index contributed by atoms with van der Waals surface area (Å²) in [6, 6.07) is 14.5. The summed E-state index contributed by atoms with van der Waals surface area (Å²) in [5, 5.41) is 0.542. The predicted octanol–water partition coefficient (Wildman–Crippen LogP) is 6.30. The summed E-state index contributed by atoms with van der Waals surface area (Å²) in [7, 11) is 1.60. The third-order valence-corrected chi connectivity index (χ3v) is 7.48. The van der Waals surface area contributed by atoms with Crippen LogP contribution in [0, 0.1) is 11.8 Å². The van der Waals surface area contributed by atoms with Crippen molar-refractivity contribution in [3.05, 3.63) is 64.7 Å². The monoisotopic (exact) mass is 489 g/mol. The first-order valence-electron chi connectivity index (χ1n) is 13.3. The van der Waals surface area contributed by atoms with Crippen molar-refractivity contribution in [2.24, 2.45) is 11.8 Å². The van der Waals surface area contributed by atoms with Gasteiger partial charge in [0.05, 0.1) is 29.7 Å². The Labute approximate surface area is 214 Å². The number of amides is 1. The molecule has 0 N–H and O–H groups in total. The minimum Gasteiger partial charge on any atom is -0.495 e. The molecule has 0 aliphatic heterocycles. The van der Waals surface area contributed by atoms with Crippen molar-refractivity contribution in [1.29, 1.82) is 0 Å². The maximum atomic E-state index is 13.8. The number of ether oxygens (including phenoxy) is 1. The van der Waals surface area contributed by atoms with Crippen molar-refractivity contribution in [1.82, 2.24) is 14.5 Å². The second-order valence-corrected chi connectivity index (χ2v) is 10.4. The van der Waals surface area contributed by atoms with Crippen LogP contribution < -0.4 is 10.3 Å². The number of hydrogen-bond donors (Lipinski definition) is 0. The molecule has 1 saturated carbocycles. The van der Waals surface area contributed by atoms with Gasteiger partial charge in [-0.1, -0.05) is 63.8 Å². The minimum atomic E-state index is -0.373. The van der Waals surface area contributed by atoms with Crippen LogP contribution in [-0.2, 0) is 4.79 Å². The van der Waals surface area contributed by atoms with Gasteiger partial charge in [0.15, 0.2) is 0 Å². The fourth-order valence-corrected chi connectivity index (χ4v) is 5.32. The van der Waals surface area contributed by atoms with Gasteiger partial charge in [0.1, 0.15) is 11.6 Å². The van der Waals surface area contributed by atoms with E-state index in [0.29, 0.717) is 53.0 Å². The van der Waals surface area contributed by atoms with E-state index in [9.17, 15) is 9.59 Å². The average molecular weight is 490 g/mol. The summed E-state index contributed by atoms with van der Waals surface area (Å²) in [6.07, 6.45) is 7.39. The van der Waals surface area contributed by atoms with Crippen molar-refractivity contribution in [3.63, 3.8) is 0 Å². The lowest BCUT2D eigenvalue weighted by Crippen LogP contribution is -2.38. The molecule has 2 aromatic carbocycles. The second-order valence-electron chi connectivity index (χ2n) is 10.4. The zero-order valence-corrected chi connectivity index (χ0v) is 22.1. The van der Waals surface area contributed by atoms with Gasteiger partial charge in [0.25, 0.3) is 5.56 Å². The summed E-state index contributed by atoms with van der Waals surface area (Å²) >= 11 is 0. The summed E-state index contributed by atoms with van der Waals surface area (Å²) < 4.78 is 7.25. The Morgan fingerprint density at radius 3 is 2.50 bits per heavy atom. The number of carbonyl (C=O) groups excluding carboxylic acids is 1. The summed E-state index contributed by atoms with van der Waals surface area (Å²) in [6.45, 7) is 6.98. The first-order chi connectivity index (χ1) is 17.4. The van der Waals surface area contributed by atoms with E-state index in [0.717, 1.165) is 12.8 Å². The molecule has 1 heterocycles. The number of benzene rings is 2. The molecule has 36 heavy (non-hydrogen) atoms. The van der Waals surface area contributed by atoms with E-state index in [1.54, 1.807) is 17.7 Å². The molecule has 0 saturated heterocycles. The highest BCUT2D eigenvalue weighted by molar-refractivity contribution is 5.79. The molecule has 192 valence electrons. The SMILES string of the molecule is COc1ccccc1-n1c(C(C)N(CCC(C)C)C(=O)CCC2CCCC2)nc2ccccc2c1=O. The standard InChI is InChI=1S/C30H39N3O3/c1-21(2)19-20-32(28(34)18-17-23-11-5-6-12-23)22(3)29-31-25-14-8-7-13-24(25)30(35)33(29)26-15-9-10-16-27(26)36-4/h7-10,13-16,21-23H,5-6,11-12,17-20H2,1-4H3. The van der Waals surface area contributed by atoms with Gasteiger partial charge >= 0.3 is 0 Å². The first-order valence-corrected chi connectivity index (χ1v) is 13.3. The Hall–Kier alpha value is -3.15. The molecule has 0 radical (unpaired) electrons. The molecule has 1 aromatic heterocycles. The van der Waals surface area contributed by atoms with Gasteiger partial charge in [0, 0.05) is 13.0 Å². The smallest absolute Gasteiger partial charge is 0.266 e. The number of nitrogens with zero attached hydrogens (tertiary/aromatic N) is 3. The molecule has 6 heteroatoms. The van der Waals surface area contributed by atoms with Crippen LogP contribution in [0.1, 0.15) is 77.6 Å². The van der Waals surface area contributed by atoms with Crippen LogP contribution in [-0.4, -0.2) is 34.0 Å². The van der Waals surface area contributed by atoms with E-state index < -0.39 is 0 Å². The van der Waals surface area contributed by atoms with E-state index in [4.69, 9.17) is 9.72 Å². The lowest BCUT2D eigenvalue weighted by atomic mass is 10.0. The maximum absolute atomic E-state index is 13.8. The molecule has 0 bridgehead atoms. The molecule has 3 aromatic rings. The van der Waals surface area contributed by atoms with Crippen molar-refractivity contribution in [2.75, 3.05) is 13.7 Å². The Balaban J connectivity index is 1.79. The molecule has 1 atom stereocenters. The molecule has 1 fully saturated rings. The topological polar surface area (TPSA) is 64.4 Å². The van der Waals surface area contributed by atoms with Gasteiger partial charge in [-0.05, 0) is 55.9 Å². The molecule has 0 spiro atoms. The fraction of sp³-hybridized carbons (Fsp3) is 0.500. The third kappa shape index (κ3) is 5.63. The van der Waals surface area contributed by atoms with Crippen LogP contribution in [0.25, 0.3) is 16.6 Å². The molecule has 1 unspecified atom stereocenters. The quantitative estimate of drug-likeness (QED) is 0.335. The molecule has 1 aliphatic rings.